The number of benzene rings is 1. The van der Waals surface area contributed by atoms with Gasteiger partial charge in [0, 0.05) is 0 Å². The van der Waals surface area contributed by atoms with Crippen molar-refractivity contribution in [2.24, 2.45) is 0 Å². The number of rotatable bonds is 0. The Morgan fingerprint density at radius 1 is 1.20 bits per heavy atom. The highest BCUT2D eigenvalue weighted by atomic mass is 19.4. The number of alkyl halides is 3. The summed E-state index contributed by atoms with van der Waals surface area (Å²) in [4.78, 5) is 3.63. The summed E-state index contributed by atoms with van der Waals surface area (Å²) < 4.78 is 41.3. The number of halogens is 3. The lowest BCUT2D eigenvalue weighted by Crippen LogP contribution is -2.03. The van der Waals surface area contributed by atoms with Crippen LogP contribution >= 0.6 is 0 Å². The normalized spacial score (nSPS) is 11.0. The minimum atomic E-state index is -4.33. The van der Waals surface area contributed by atoms with Crippen molar-refractivity contribution in [3.05, 3.63) is 30.2 Å². The summed E-state index contributed by atoms with van der Waals surface area (Å²) in [6.45, 7) is 4.00. The number of nitrogens with zero attached hydrogens (tertiary/aromatic N) is 1. The first kappa shape index (κ1) is 11.6. The van der Waals surface area contributed by atoms with E-state index >= 15 is 0 Å². The van der Waals surface area contributed by atoms with E-state index in [1.54, 1.807) is 0 Å². The highest BCUT2D eigenvalue weighted by molar-refractivity contribution is 5.72. The monoisotopic (exact) mass is 217 g/mol. The van der Waals surface area contributed by atoms with Crippen LogP contribution in [-0.2, 0) is 6.18 Å². The van der Waals surface area contributed by atoms with Crippen LogP contribution in [0.2, 0.25) is 0 Å². The zero-order valence-corrected chi connectivity index (χ0v) is 8.30. The quantitative estimate of drug-likeness (QED) is 0.669. The van der Waals surface area contributed by atoms with Gasteiger partial charge in [0.15, 0.2) is 12.0 Å². The zero-order chi connectivity index (χ0) is 11.5. The molecule has 0 aliphatic heterocycles. The molecule has 0 N–H and O–H groups in total. The number of oxazole rings is 1. The Morgan fingerprint density at radius 2 is 1.87 bits per heavy atom. The fraction of sp³-hybridized carbons (Fsp3) is 0.300. The van der Waals surface area contributed by atoms with Crippen LogP contribution in [0.3, 0.4) is 0 Å². The number of hydrogen-bond donors (Lipinski definition) is 0. The Balaban J connectivity index is 0.000000531. The molecular weight excluding hydrogens is 207 g/mol. The first-order valence-corrected chi connectivity index (χ1v) is 4.48. The second-order valence-electron chi connectivity index (χ2n) is 2.53. The Labute approximate surface area is 84.7 Å². The Kier molecular flexibility index (Phi) is 3.34. The summed E-state index contributed by atoms with van der Waals surface area (Å²) in [6.07, 6.45) is -3.21. The fourth-order valence-electron chi connectivity index (χ4n) is 1.03. The molecular formula is C10H10F3NO. The van der Waals surface area contributed by atoms with Crippen molar-refractivity contribution < 1.29 is 17.6 Å². The molecule has 0 spiro atoms. The highest BCUT2D eigenvalue weighted by Gasteiger charge is 2.30. The third-order valence-corrected chi connectivity index (χ3v) is 1.66. The fourth-order valence-corrected chi connectivity index (χ4v) is 1.03. The molecule has 2 rings (SSSR count). The molecule has 5 heteroatoms. The number of fused-ring (bicyclic) bond motifs is 1. The molecule has 0 amide bonds. The molecule has 0 fully saturated rings. The molecule has 0 aliphatic carbocycles. The minimum absolute atomic E-state index is 0.217. The maximum atomic E-state index is 12.2. The first-order chi connectivity index (χ1) is 7.07. The Hall–Kier alpha value is -1.52. The Bertz CT molecular complexity index is 433. The number of aromatic nitrogens is 1. The summed E-state index contributed by atoms with van der Waals surface area (Å²) in [7, 11) is 0. The van der Waals surface area contributed by atoms with Crippen molar-refractivity contribution in [2.75, 3.05) is 0 Å². The molecule has 0 aliphatic rings. The van der Waals surface area contributed by atoms with E-state index < -0.39 is 11.7 Å². The molecule has 0 saturated heterocycles. The van der Waals surface area contributed by atoms with E-state index in [1.165, 1.54) is 6.07 Å². The van der Waals surface area contributed by atoms with Gasteiger partial charge in [-0.25, -0.2) is 4.98 Å². The maximum Gasteiger partial charge on any atom is 0.416 e. The second-order valence-corrected chi connectivity index (χ2v) is 2.53. The van der Waals surface area contributed by atoms with Crippen molar-refractivity contribution in [1.29, 1.82) is 0 Å². The van der Waals surface area contributed by atoms with Gasteiger partial charge in [-0.15, -0.1) is 0 Å². The summed E-state index contributed by atoms with van der Waals surface area (Å²) >= 11 is 0. The molecule has 15 heavy (non-hydrogen) atoms. The molecule has 1 aromatic heterocycles. The van der Waals surface area contributed by atoms with Gasteiger partial charge in [-0.3, -0.25) is 0 Å². The van der Waals surface area contributed by atoms with E-state index in [0.717, 1.165) is 18.5 Å². The van der Waals surface area contributed by atoms with Gasteiger partial charge in [-0.1, -0.05) is 13.8 Å². The molecule has 0 bridgehead atoms. The minimum Gasteiger partial charge on any atom is -0.443 e. The summed E-state index contributed by atoms with van der Waals surface area (Å²) in [5, 5.41) is 0. The van der Waals surface area contributed by atoms with Gasteiger partial charge in [0.2, 0.25) is 0 Å². The van der Waals surface area contributed by atoms with Crippen LogP contribution in [0, 0.1) is 0 Å². The van der Waals surface area contributed by atoms with E-state index in [0.29, 0.717) is 5.58 Å². The number of hydrogen-bond acceptors (Lipinski definition) is 2. The van der Waals surface area contributed by atoms with Crippen LogP contribution in [0.25, 0.3) is 11.1 Å². The van der Waals surface area contributed by atoms with E-state index in [-0.39, 0.29) is 5.52 Å². The van der Waals surface area contributed by atoms with E-state index in [9.17, 15) is 13.2 Å². The smallest absolute Gasteiger partial charge is 0.416 e. The predicted molar refractivity (Wildman–Crippen MR) is 50.4 cm³/mol. The van der Waals surface area contributed by atoms with Gasteiger partial charge >= 0.3 is 6.18 Å². The predicted octanol–water partition coefficient (Wildman–Crippen LogP) is 3.87. The van der Waals surface area contributed by atoms with Gasteiger partial charge in [-0.05, 0) is 18.2 Å². The molecule has 1 aromatic carbocycles. The third kappa shape index (κ3) is 2.49. The molecule has 0 unspecified atom stereocenters. The van der Waals surface area contributed by atoms with Crippen LogP contribution in [0.5, 0.6) is 0 Å². The maximum absolute atomic E-state index is 12.2. The average Bonchev–Trinajstić information content (AvgIpc) is 2.66. The summed E-state index contributed by atoms with van der Waals surface area (Å²) in [5.41, 5.74) is -0.142. The van der Waals surface area contributed by atoms with Crippen molar-refractivity contribution in [3.63, 3.8) is 0 Å². The standard InChI is InChI=1S/C8H4F3NO.C2H6/c9-8(10,11)5-1-2-7-6(3-5)12-4-13-7;1-2/h1-4H;1-2H3. The largest absolute Gasteiger partial charge is 0.443 e. The lowest BCUT2D eigenvalue weighted by molar-refractivity contribution is -0.137. The van der Waals surface area contributed by atoms with Crippen LogP contribution in [0.1, 0.15) is 19.4 Å². The topological polar surface area (TPSA) is 26.0 Å². The van der Waals surface area contributed by atoms with Crippen molar-refractivity contribution in [2.45, 2.75) is 20.0 Å². The van der Waals surface area contributed by atoms with Crippen molar-refractivity contribution in [3.8, 4) is 0 Å². The van der Waals surface area contributed by atoms with Gasteiger partial charge in [0.25, 0.3) is 0 Å². The van der Waals surface area contributed by atoms with Gasteiger partial charge < -0.3 is 4.42 Å². The zero-order valence-electron chi connectivity index (χ0n) is 8.30. The van der Waals surface area contributed by atoms with Crippen LogP contribution < -0.4 is 0 Å². The molecule has 82 valence electrons. The average molecular weight is 217 g/mol. The third-order valence-electron chi connectivity index (χ3n) is 1.66. The summed E-state index contributed by atoms with van der Waals surface area (Å²) in [5.74, 6) is 0. The lowest BCUT2D eigenvalue weighted by Gasteiger charge is -2.04. The van der Waals surface area contributed by atoms with Gasteiger partial charge in [0.1, 0.15) is 5.52 Å². The SMILES string of the molecule is CC.FC(F)(F)c1ccc2ocnc2c1. The Morgan fingerprint density at radius 3 is 2.47 bits per heavy atom. The molecule has 2 nitrogen and oxygen atoms in total. The van der Waals surface area contributed by atoms with Crippen LogP contribution in [0.4, 0.5) is 13.2 Å². The molecule has 1 heterocycles. The highest BCUT2D eigenvalue weighted by Crippen LogP contribution is 2.30. The summed E-state index contributed by atoms with van der Waals surface area (Å²) in [6, 6.07) is 3.18. The van der Waals surface area contributed by atoms with E-state index in [4.69, 9.17) is 4.42 Å². The van der Waals surface area contributed by atoms with Crippen molar-refractivity contribution >= 4 is 11.1 Å². The molecule has 2 aromatic rings. The van der Waals surface area contributed by atoms with Crippen LogP contribution in [-0.4, -0.2) is 4.98 Å². The molecule has 0 saturated carbocycles. The lowest BCUT2D eigenvalue weighted by atomic mass is 10.2. The van der Waals surface area contributed by atoms with E-state index in [1.807, 2.05) is 13.8 Å². The van der Waals surface area contributed by atoms with Gasteiger partial charge in [-0.2, -0.15) is 13.2 Å². The van der Waals surface area contributed by atoms with E-state index in [2.05, 4.69) is 4.98 Å². The molecule has 0 radical (unpaired) electrons. The first-order valence-electron chi connectivity index (χ1n) is 4.48. The van der Waals surface area contributed by atoms with Crippen molar-refractivity contribution in [1.82, 2.24) is 4.98 Å². The van der Waals surface area contributed by atoms with Crippen LogP contribution in [0.15, 0.2) is 29.0 Å². The van der Waals surface area contributed by atoms with Gasteiger partial charge in [0.05, 0.1) is 5.56 Å². The molecule has 0 atom stereocenters. The second kappa shape index (κ2) is 4.33.